The molecule has 1 atom stereocenters. The molecule has 4 nitrogen and oxygen atoms in total. The predicted molar refractivity (Wildman–Crippen MR) is 92.9 cm³/mol. The number of aryl methyl sites for hydroxylation is 1. The maximum absolute atomic E-state index is 4.87. The van der Waals surface area contributed by atoms with E-state index in [4.69, 9.17) is 4.98 Å². The largest absolute Gasteiger partial charge is 0.314 e. The quantitative estimate of drug-likeness (QED) is 0.806. The molecule has 4 rings (SSSR count). The zero-order valence-corrected chi connectivity index (χ0v) is 13.5. The summed E-state index contributed by atoms with van der Waals surface area (Å²) in [5.41, 5.74) is 4.32. The third-order valence-corrected chi connectivity index (χ3v) is 4.59. The van der Waals surface area contributed by atoms with Gasteiger partial charge in [-0.2, -0.15) is 0 Å². The van der Waals surface area contributed by atoms with Gasteiger partial charge in [-0.3, -0.25) is 4.57 Å². The van der Waals surface area contributed by atoms with Crippen molar-refractivity contribution in [2.45, 2.75) is 38.6 Å². The van der Waals surface area contributed by atoms with Crippen LogP contribution >= 0.6 is 0 Å². The van der Waals surface area contributed by atoms with Gasteiger partial charge in [0.15, 0.2) is 5.65 Å². The van der Waals surface area contributed by atoms with Crippen molar-refractivity contribution in [2.75, 3.05) is 6.54 Å². The fourth-order valence-electron chi connectivity index (χ4n) is 3.45. The molecule has 2 aromatic heterocycles. The summed E-state index contributed by atoms with van der Waals surface area (Å²) in [4.78, 5) is 9.45. The van der Waals surface area contributed by atoms with Gasteiger partial charge in [0.1, 0.15) is 11.3 Å². The second-order valence-electron chi connectivity index (χ2n) is 6.40. The number of hydrogen-bond donors (Lipinski definition) is 1. The SMILES string of the molecule is Cc1cccc(-n2c(CC3CCCCN3)nc3cccnc32)c1. The van der Waals surface area contributed by atoms with Crippen LogP contribution in [0.1, 0.15) is 30.7 Å². The van der Waals surface area contributed by atoms with Crippen LogP contribution in [-0.4, -0.2) is 27.1 Å². The minimum absolute atomic E-state index is 0.518. The van der Waals surface area contributed by atoms with E-state index < -0.39 is 0 Å². The highest BCUT2D eigenvalue weighted by Gasteiger charge is 2.19. The molecule has 0 aliphatic carbocycles. The minimum Gasteiger partial charge on any atom is -0.314 e. The van der Waals surface area contributed by atoms with E-state index in [0.717, 1.165) is 35.6 Å². The first-order chi connectivity index (χ1) is 11.3. The van der Waals surface area contributed by atoms with E-state index in [-0.39, 0.29) is 0 Å². The summed E-state index contributed by atoms with van der Waals surface area (Å²) in [6, 6.07) is 13.1. The topological polar surface area (TPSA) is 42.7 Å². The Labute approximate surface area is 136 Å². The van der Waals surface area contributed by atoms with E-state index in [1.807, 2.05) is 18.3 Å². The van der Waals surface area contributed by atoms with E-state index in [2.05, 4.69) is 46.1 Å². The number of imidazole rings is 1. The standard InChI is InChI=1S/C19H22N4/c1-14-6-4-8-16(12-14)23-18(13-15-7-2-3-10-20-15)22-17-9-5-11-21-19(17)23/h4-6,8-9,11-12,15,20H,2-3,7,10,13H2,1H3. The van der Waals surface area contributed by atoms with Crippen LogP contribution in [0.25, 0.3) is 16.9 Å². The number of aromatic nitrogens is 3. The van der Waals surface area contributed by atoms with E-state index >= 15 is 0 Å². The first kappa shape index (κ1) is 14.4. The molecule has 0 amide bonds. The molecule has 1 aliphatic heterocycles. The van der Waals surface area contributed by atoms with Gasteiger partial charge < -0.3 is 5.32 Å². The monoisotopic (exact) mass is 306 g/mol. The zero-order chi connectivity index (χ0) is 15.6. The van der Waals surface area contributed by atoms with Gasteiger partial charge in [0.2, 0.25) is 0 Å². The van der Waals surface area contributed by atoms with Crippen molar-refractivity contribution in [3.8, 4) is 5.69 Å². The molecule has 1 unspecified atom stereocenters. The number of pyridine rings is 1. The van der Waals surface area contributed by atoms with Crippen LogP contribution in [0.2, 0.25) is 0 Å². The van der Waals surface area contributed by atoms with Gasteiger partial charge in [0.25, 0.3) is 0 Å². The number of piperidine rings is 1. The molecule has 1 aromatic carbocycles. The minimum atomic E-state index is 0.518. The van der Waals surface area contributed by atoms with Crippen molar-refractivity contribution >= 4 is 11.2 Å². The highest BCUT2D eigenvalue weighted by atomic mass is 15.1. The predicted octanol–water partition coefficient (Wildman–Crippen LogP) is 3.41. The number of nitrogens with zero attached hydrogens (tertiary/aromatic N) is 3. The lowest BCUT2D eigenvalue weighted by molar-refractivity contribution is 0.393. The molecular weight excluding hydrogens is 284 g/mol. The number of rotatable bonds is 3. The van der Waals surface area contributed by atoms with Crippen LogP contribution in [0.15, 0.2) is 42.6 Å². The van der Waals surface area contributed by atoms with Gasteiger partial charge in [-0.25, -0.2) is 9.97 Å². The molecule has 3 heterocycles. The van der Waals surface area contributed by atoms with Gasteiger partial charge in [-0.05, 0) is 56.1 Å². The van der Waals surface area contributed by atoms with Gasteiger partial charge in [-0.15, -0.1) is 0 Å². The molecule has 0 radical (unpaired) electrons. The molecule has 1 N–H and O–H groups in total. The second kappa shape index (κ2) is 6.13. The summed E-state index contributed by atoms with van der Waals surface area (Å²) in [6.07, 6.45) is 6.61. The fourth-order valence-corrected chi connectivity index (χ4v) is 3.45. The van der Waals surface area contributed by atoms with Gasteiger partial charge in [0, 0.05) is 24.3 Å². The molecule has 4 heteroatoms. The molecule has 1 saturated heterocycles. The van der Waals surface area contributed by atoms with Crippen LogP contribution in [0.3, 0.4) is 0 Å². The Bertz CT molecular complexity index is 815. The zero-order valence-electron chi connectivity index (χ0n) is 13.5. The van der Waals surface area contributed by atoms with Gasteiger partial charge in [0.05, 0.1) is 0 Å². The van der Waals surface area contributed by atoms with Gasteiger partial charge in [-0.1, -0.05) is 18.6 Å². The number of hydrogen-bond acceptors (Lipinski definition) is 3. The molecule has 0 bridgehead atoms. The Morgan fingerprint density at radius 3 is 3.00 bits per heavy atom. The third-order valence-electron chi connectivity index (χ3n) is 4.59. The number of benzene rings is 1. The Kier molecular flexibility index (Phi) is 3.83. The molecule has 0 saturated carbocycles. The van der Waals surface area contributed by atoms with Crippen molar-refractivity contribution in [1.82, 2.24) is 19.9 Å². The number of nitrogens with one attached hydrogen (secondary N) is 1. The normalized spacial score (nSPS) is 18.4. The summed E-state index contributed by atoms with van der Waals surface area (Å²) in [5, 5.41) is 3.63. The van der Waals surface area contributed by atoms with Crippen LogP contribution in [-0.2, 0) is 6.42 Å². The average Bonchev–Trinajstić information content (AvgIpc) is 2.93. The third kappa shape index (κ3) is 2.86. The second-order valence-corrected chi connectivity index (χ2v) is 6.40. The molecule has 0 spiro atoms. The van der Waals surface area contributed by atoms with E-state index in [9.17, 15) is 0 Å². The lowest BCUT2D eigenvalue weighted by Gasteiger charge is -2.23. The maximum atomic E-state index is 4.87. The van der Waals surface area contributed by atoms with Gasteiger partial charge >= 0.3 is 0 Å². The summed E-state index contributed by atoms with van der Waals surface area (Å²) in [5.74, 6) is 1.10. The van der Waals surface area contributed by atoms with Crippen molar-refractivity contribution < 1.29 is 0 Å². The molecule has 23 heavy (non-hydrogen) atoms. The van der Waals surface area contributed by atoms with E-state index in [1.54, 1.807) is 0 Å². The van der Waals surface area contributed by atoms with Crippen LogP contribution in [0, 0.1) is 6.92 Å². The Morgan fingerprint density at radius 1 is 1.22 bits per heavy atom. The summed E-state index contributed by atoms with van der Waals surface area (Å²) in [7, 11) is 0. The first-order valence-electron chi connectivity index (χ1n) is 8.44. The average molecular weight is 306 g/mol. The van der Waals surface area contributed by atoms with Crippen LogP contribution in [0.4, 0.5) is 0 Å². The maximum Gasteiger partial charge on any atom is 0.164 e. The van der Waals surface area contributed by atoms with E-state index in [1.165, 1.54) is 24.8 Å². The fraction of sp³-hybridized carbons (Fsp3) is 0.368. The first-order valence-corrected chi connectivity index (χ1v) is 8.44. The Balaban J connectivity index is 1.81. The lowest BCUT2D eigenvalue weighted by atomic mass is 10.0. The smallest absolute Gasteiger partial charge is 0.164 e. The highest BCUT2D eigenvalue weighted by Crippen LogP contribution is 2.22. The molecule has 1 fully saturated rings. The van der Waals surface area contributed by atoms with Crippen molar-refractivity contribution in [2.24, 2.45) is 0 Å². The van der Waals surface area contributed by atoms with Crippen molar-refractivity contribution in [3.05, 3.63) is 54.0 Å². The molecule has 3 aromatic rings. The Morgan fingerprint density at radius 2 is 2.17 bits per heavy atom. The van der Waals surface area contributed by atoms with Crippen molar-refractivity contribution in [3.63, 3.8) is 0 Å². The molecule has 118 valence electrons. The Hall–Kier alpha value is -2.20. The lowest BCUT2D eigenvalue weighted by Crippen LogP contribution is -2.36. The summed E-state index contributed by atoms with van der Waals surface area (Å²) in [6.45, 7) is 3.24. The van der Waals surface area contributed by atoms with Crippen LogP contribution in [0.5, 0.6) is 0 Å². The van der Waals surface area contributed by atoms with E-state index in [0.29, 0.717) is 6.04 Å². The van der Waals surface area contributed by atoms with Crippen molar-refractivity contribution in [1.29, 1.82) is 0 Å². The highest BCUT2D eigenvalue weighted by molar-refractivity contribution is 5.73. The van der Waals surface area contributed by atoms with Crippen LogP contribution < -0.4 is 5.32 Å². The molecular formula is C19H22N4. The number of fused-ring (bicyclic) bond motifs is 1. The summed E-state index contributed by atoms with van der Waals surface area (Å²) < 4.78 is 2.22. The molecule has 1 aliphatic rings. The summed E-state index contributed by atoms with van der Waals surface area (Å²) >= 11 is 0.